The zero-order chi connectivity index (χ0) is 11.7. The molecule has 1 aliphatic carbocycles. The number of nitrogens with zero attached hydrogens (tertiary/aromatic N) is 2. The van der Waals surface area contributed by atoms with E-state index in [1.54, 1.807) is 12.4 Å². The molecule has 0 aromatic carbocycles. The van der Waals surface area contributed by atoms with E-state index in [1.807, 2.05) is 18.2 Å². The van der Waals surface area contributed by atoms with Gasteiger partial charge in [0.2, 0.25) is 0 Å². The van der Waals surface area contributed by atoms with Gasteiger partial charge in [-0.2, -0.15) is 0 Å². The number of aromatic amines is 1. The maximum Gasteiger partial charge on any atom is 0.115 e. The van der Waals surface area contributed by atoms with Gasteiger partial charge in [0.05, 0.1) is 29.6 Å². The Labute approximate surface area is 99.8 Å². The van der Waals surface area contributed by atoms with E-state index in [2.05, 4.69) is 15.0 Å². The highest BCUT2D eigenvalue weighted by molar-refractivity contribution is 5.53. The van der Waals surface area contributed by atoms with Crippen LogP contribution >= 0.6 is 0 Å². The Balaban J connectivity index is 1.93. The Bertz CT molecular complexity index is 497. The van der Waals surface area contributed by atoms with Gasteiger partial charge in [0.1, 0.15) is 5.82 Å². The maximum atomic E-state index is 9.49. The number of aromatic nitrogens is 3. The fourth-order valence-corrected chi connectivity index (χ4v) is 2.32. The van der Waals surface area contributed by atoms with Gasteiger partial charge in [0, 0.05) is 6.20 Å². The average molecular weight is 229 g/mol. The van der Waals surface area contributed by atoms with E-state index in [4.69, 9.17) is 0 Å². The van der Waals surface area contributed by atoms with Crippen LogP contribution in [0.5, 0.6) is 0 Å². The highest BCUT2D eigenvalue weighted by Crippen LogP contribution is 2.42. The summed E-state index contributed by atoms with van der Waals surface area (Å²) in [6, 6.07) is 5.79. The standard InChI is InChI=1S/C13H15N3O/c17-9-13(5-3-6-13)12-15-8-11(16-12)10-4-1-2-7-14-10/h1-2,4,7-8,17H,3,5-6,9H2,(H,15,16). The first-order valence-corrected chi connectivity index (χ1v) is 5.92. The minimum atomic E-state index is -0.132. The number of nitrogens with one attached hydrogen (secondary N) is 1. The Kier molecular flexibility index (Phi) is 2.44. The van der Waals surface area contributed by atoms with Crippen LogP contribution in [0.1, 0.15) is 25.1 Å². The zero-order valence-corrected chi connectivity index (χ0v) is 9.56. The zero-order valence-electron chi connectivity index (χ0n) is 9.56. The summed E-state index contributed by atoms with van der Waals surface area (Å²) in [5, 5.41) is 9.49. The average Bonchev–Trinajstić information content (AvgIpc) is 2.80. The molecule has 4 nitrogen and oxygen atoms in total. The first-order valence-electron chi connectivity index (χ1n) is 5.92. The number of aliphatic hydroxyl groups is 1. The van der Waals surface area contributed by atoms with Crippen molar-refractivity contribution in [3.8, 4) is 11.4 Å². The smallest absolute Gasteiger partial charge is 0.115 e. The molecule has 2 aromatic rings. The number of hydrogen-bond acceptors (Lipinski definition) is 3. The minimum Gasteiger partial charge on any atom is -0.395 e. The van der Waals surface area contributed by atoms with Crippen molar-refractivity contribution in [3.63, 3.8) is 0 Å². The second kappa shape index (κ2) is 3.96. The summed E-state index contributed by atoms with van der Waals surface area (Å²) >= 11 is 0. The minimum absolute atomic E-state index is 0.132. The number of pyridine rings is 1. The summed E-state index contributed by atoms with van der Waals surface area (Å²) in [5.74, 6) is 0.895. The van der Waals surface area contributed by atoms with E-state index >= 15 is 0 Å². The van der Waals surface area contributed by atoms with Crippen molar-refractivity contribution in [1.29, 1.82) is 0 Å². The van der Waals surface area contributed by atoms with Crippen LogP contribution in [-0.4, -0.2) is 26.7 Å². The quantitative estimate of drug-likeness (QED) is 0.844. The van der Waals surface area contributed by atoms with Crippen LogP contribution in [0.2, 0.25) is 0 Å². The molecule has 0 atom stereocenters. The van der Waals surface area contributed by atoms with Gasteiger partial charge in [0.25, 0.3) is 0 Å². The van der Waals surface area contributed by atoms with Crippen molar-refractivity contribution in [2.75, 3.05) is 6.61 Å². The number of imidazole rings is 1. The van der Waals surface area contributed by atoms with E-state index in [-0.39, 0.29) is 12.0 Å². The third kappa shape index (κ3) is 1.65. The van der Waals surface area contributed by atoms with Crippen LogP contribution < -0.4 is 0 Å². The van der Waals surface area contributed by atoms with Crippen LogP contribution in [-0.2, 0) is 5.41 Å². The Morgan fingerprint density at radius 1 is 1.29 bits per heavy atom. The first kappa shape index (κ1) is 10.5. The molecule has 2 N–H and O–H groups in total. The molecule has 4 heteroatoms. The highest BCUT2D eigenvalue weighted by Gasteiger charge is 2.40. The lowest BCUT2D eigenvalue weighted by Gasteiger charge is -2.38. The summed E-state index contributed by atoms with van der Waals surface area (Å²) in [6.45, 7) is 0.169. The summed E-state index contributed by atoms with van der Waals surface area (Å²) in [4.78, 5) is 12.0. The Morgan fingerprint density at radius 3 is 2.76 bits per heavy atom. The lowest BCUT2D eigenvalue weighted by atomic mass is 9.69. The lowest BCUT2D eigenvalue weighted by Crippen LogP contribution is -2.39. The molecule has 0 amide bonds. The van der Waals surface area contributed by atoms with Gasteiger partial charge < -0.3 is 10.1 Å². The van der Waals surface area contributed by atoms with Crippen LogP contribution in [0.3, 0.4) is 0 Å². The van der Waals surface area contributed by atoms with Gasteiger partial charge in [-0.1, -0.05) is 12.5 Å². The number of H-pyrrole nitrogens is 1. The van der Waals surface area contributed by atoms with E-state index < -0.39 is 0 Å². The molecule has 0 saturated heterocycles. The molecule has 0 aliphatic heterocycles. The normalized spacial score (nSPS) is 17.7. The van der Waals surface area contributed by atoms with Crippen LogP contribution in [0.15, 0.2) is 30.6 Å². The largest absolute Gasteiger partial charge is 0.395 e. The molecule has 88 valence electrons. The number of aliphatic hydroxyl groups excluding tert-OH is 1. The van der Waals surface area contributed by atoms with Crippen molar-refractivity contribution in [2.24, 2.45) is 0 Å². The number of hydrogen-bond donors (Lipinski definition) is 2. The summed E-state index contributed by atoms with van der Waals surface area (Å²) < 4.78 is 0. The van der Waals surface area contributed by atoms with Crippen molar-refractivity contribution in [1.82, 2.24) is 15.0 Å². The molecule has 0 radical (unpaired) electrons. The van der Waals surface area contributed by atoms with Gasteiger partial charge in [-0.15, -0.1) is 0 Å². The second-order valence-corrected chi connectivity index (χ2v) is 4.65. The monoisotopic (exact) mass is 229 g/mol. The third-order valence-corrected chi connectivity index (χ3v) is 3.63. The van der Waals surface area contributed by atoms with Gasteiger partial charge >= 0.3 is 0 Å². The first-order chi connectivity index (χ1) is 8.34. The number of rotatable bonds is 3. The summed E-state index contributed by atoms with van der Waals surface area (Å²) in [7, 11) is 0. The van der Waals surface area contributed by atoms with Crippen molar-refractivity contribution >= 4 is 0 Å². The van der Waals surface area contributed by atoms with E-state index in [0.717, 1.165) is 30.1 Å². The molecular weight excluding hydrogens is 214 g/mol. The van der Waals surface area contributed by atoms with Crippen LogP contribution in [0.25, 0.3) is 11.4 Å². The SMILES string of the molecule is OCC1(c2ncc(-c3ccccn3)[nH]2)CCC1. The predicted molar refractivity (Wildman–Crippen MR) is 64.4 cm³/mol. The lowest BCUT2D eigenvalue weighted by molar-refractivity contribution is 0.113. The topological polar surface area (TPSA) is 61.8 Å². The summed E-state index contributed by atoms with van der Waals surface area (Å²) in [5.41, 5.74) is 1.67. The highest BCUT2D eigenvalue weighted by atomic mass is 16.3. The third-order valence-electron chi connectivity index (χ3n) is 3.63. The molecule has 3 rings (SSSR count). The van der Waals surface area contributed by atoms with Gasteiger partial charge in [-0.3, -0.25) is 4.98 Å². The van der Waals surface area contributed by atoms with Gasteiger partial charge in [-0.05, 0) is 25.0 Å². The molecule has 17 heavy (non-hydrogen) atoms. The van der Waals surface area contributed by atoms with Crippen molar-refractivity contribution in [3.05, 3.63) is 36.4 Å². The molecule has 0 unspecified atom stereocenters. The molecule has 2 aromatic heterocycles. The molecule has 2 heterocycles. The maximum absolute atomic E-state index is 9.49. The van der Waals surface area contributed by atoms with Gasteiger partial charge in [0.15, 0.2) is 0 Å². The fourth-order valence-electron chi connectivity index (χ4n) is 2.32. The summed E-state index contributed by atoms with van der Waals surface area (Å²) in [6.07, 6.45) is 6.76. The van der Waals surface area contributed by atoms with E-state index in [0.29, 0.717) is 0 Å². The van der Waals surface area contributed by atoms with Gasteiger partial charge in [-0.25, -0.2) is 4.98 Å². The molecular formula is C13H15N3O. The molecule has 1 saturated carbocycles. The molecule has 0 spiro atoms. The molecule has 1 fully saturated rings. The van der Waals surface area contributed by atoms with E-state index in [9.17, 15) is 5.11 Å². The fraction of sp³-hybridized carbons (Fsp3) is 0.385. The van der Waals surface area contributed by atoms with Crippen molar-refractivity contribution in [2.45, 2.75) is 24.7 Å². The van der Waals surface area contributed by atoms with E-state index in [1.165, 1.54) is 6.42 Å². The Morgan fingerprint density at radius 2 is 2.18 bits per heavy atom. The Hall–Kier alpha value is -1.68. The van der Waals surface area contributed by atoms with Crippen LogP contribution in [0, 0.1) is 0 Å². The molecule has 1 aliphatic rings. The molecule has 0 bridgehead atoms. The van der Waals surface area contributed by atoms with Crippen molar-refractivity contribution < 1.29 is 5.11 Å². The van der Waals surface area contributed by atoms with Crippen LogP contribution in [0.4, 0.5) is 0 Å². The predicted octanol–water partition coefficient (Wildman–Crippen LogP) is 1.89. The second-order valence-electron chi connectivity index (χ2n) is 4.65.